The van der Waals surface area contributed by atoms with Crippen molar-refractivity contribution in [1.82, 2.24) is 15.0 Å². The summed E-state index contributed by atoms with van der Waals surface area (Å²) in [6, 6.07) is 12.9. The maximum Gasteiger partial charge on any atom is 0.261 e. The minimum atomic E-state index is -2.59. The molecule has 1 saturated heterocycles. The van der Waals surface area contributed by atoms with Gasteiger partial charge in [-0.05, 0) is 23.8 Å². The van der Waals surface area contributed by atoms with Crippen LogP contribution in [0.1, 0.15) is 54.3 Å². The standard InChI is InChI=1S/C28H29F2N3O3/c1-20(2)26-17-24(32-36-26)16-25(34)15-22-6-3-21(4-7-22)5-8-23-9-10-27(31-18-23)35-14-13-33-12-11-28(29,30)19-33/h3-4,6-7,9-10,17-18,20H,11-16,19H2,1-2H3. The average molecular weight is 494 g/mol. The Kier molecular flexibility index (Phi) is 8.11. The summed E-state index contributed by atoms with van der Waals surface area (Å²) in [7, 11) is 0. The molecule has 2 aromatic heterocycles. The van der Waals surface area contributed by atoms with Gasteiger partial charge in [0.2, 0.25) is 5.88 Å². The molecule has 3 aromatic rings. The van der Waals surface area contributed by atoms with E-state index in [0.717, 1.165) is 22.5 Å². The van der Waals surface area contributed by atoms with Crippen LogP contribution >= 0.6 is 0 Å². The number of carbonyl (C=O) groups is 1. The quantitative estimate of drug-likeness (QED) is 0.404. The SMILES string of the molecule is CC(C)c1cc(CC(=O)Cc2ccc(C#Cc3ccc(OCCN4CCC(F)(F)C4)nc3)cc2)no1. The summed E-state index contributed by atoms with van der Waals surface area (Å²) in [5, 5.41) is 3.97. The van der Waals surface area contributed by atoms with Crippen molar-refractivity contribution in [2.24, 2.45) is 0 Å². The van der Waals surface area contributed by atoms with Crippen molar-refractivity contribution in [3.8, 4) is 17.7 Å². The molecule has 0 aliphatic carbocycles. The van der Waals surface area contributed by atoms with Gasteiger partial charge in [-0.3, -0.25) is 9.69 Å². The minimum absolute atomic E-state index is 0.0733. The average Bonchev–Trinajstić information content (AvgIpc) is 3.45. The maximum atomic E-state index is 13.2. The predicted molar refractivity (Wildman–Crippen MR) is 131 cm³/mol. The van der Waals surface area contributed by atoms with E-state index in [1.807, 2.05) is 44.2 Å². The van der Waals surface area contributed by atoms with Crippen LogP contribution in [-0.4, -0.2) is 53.0 Å². The number of aromatic nitrogens is 2. The molecule has 1 aliphatic heterocycles. The smallest absolute Gasteiger partial charge is 0.261 e. The highest BCUT2D eigenvalue weighted by Gasteiger charge is 2.37. The summed E-state index contributed by atoms with van der Waals surface area (Å²) in [6.07, 6.45) is 2.10. The lowest BCUT2D eigenvalue weighted by Crippen LogP contribution is -2.29. The molecule has 0 unspecified atom stereocenters. The number of hydrogen-bond acceptors (Lipinski definition) is 6. The molecule has 0 amide bonds. The van der Waals surface area contributed by atoms with Gasteiger partial charge in [-0.1, -0.05) is 43.0 Å². The molecule has 8 heteroatoms. The van der Waals surface area contributed by atoms with Crippen LogP contribution in [0.15, 0.2) is 53.2 Å². The third kappa shape index (κ3) is 7.46. The van der Waals surface area contributed by atoms with Gasteiger partial charge < -0.3 is 9.26 Å². The molecule has 36 heavy (non-hydrogen) atoms. The molecule has 0 atom stereocenters. The Morgan fingerprint density at radius 2 is 1.89 bits per heavy atom. The molecule has 188 valence electrons. The van der Waals surface area contributed by atoms with Crippen LogP contribution in [-0.2, 0) is 17.6 Å². The summed E-state index contributed by atoms with van der Waals surface area (Å²) in [6.45, 7) is 4.96. The van der Waals surface area contributed by atoms with E-state index in [1.165, 1.54) is 0 Å². The first-order chi connectivity index (χ1) is 17.3. The Bertz CT molecular complexity index is 1230. The number of rotatable bonds is 9. The van der Waals surface area contributed by atoms with Crippen molar-refractivity contribution in [2.75, 3.05) is 26.2 Å². The van der Waals surface area contributed by atoms with Gasteiger partial charge >= 0.3 is 0 Å². The van der Waals surface area contributed by atoms with E-state index in [1.54, 1.807) is 23.2 Å². The van der Waals surface area contributed by atoms with Gasteiger partial charge in [0.1, 0.15) is 18.2 Å². The van der Waals surface area contributed by atoms with E-state index in [2.05, 4.69) is 22.0 Å². The topological polar surface area (TPSA) is 68.5 Å². The summed E-state index contributed by atoms with van der Waals surface area (Å²) in [5.74, 6) is 5.08. The minimum Gasteiger partial charge on any atom is -0.476 e. The molecule has 1 fully saturated rings. The van der Waals surface area contributed by atoms with Crippen molar-refractivity contribution < 1.29 is 22.8 Å². The van der Waals surface area contributed by atoms with Gasteiger partial charge in [0.05, 0.1) is 18.7 Å². The second-order valence-corrected chi connectivity index (χ2v) is 9.33. The number of hydrogen-bond donors (Lipinski definition) is 0. The number of likely N-dealkylation sites (tertiary alicyclic amines) is 1. The van der Waals surface area contributed by atoms with Crippen molar-refractivity contribution in [1.29, 1.82) is 0 Å². The first-order valence-electron chi connectivity index (χ1n) is 12.0. The van der Waals surface area contributed by atoms with Crippen LogP contribution in [0, 0.1) is 11.8 Å². The van der Waals surface area contributed by atoms with Crippen molar-refractivity contribution in [3.05, 3.63) is 76.8 Å². The monoisotopic (exact) mass is 493 g/mol. The fourth-order valence-electron chi connectivity index (χ4n) is 3.84. The molecule has 0 saturated carbocycles. The largest absolute Gasteiger partial charge is 0.476 e. The second kappa shape index (κ2) is 11.4. The van der Waals surface area contributed by atoms with Gasteiger partial charge in [0.15, 0.2) is 0 Å². The Morgan fingerprint density at radius 3 is 2.53 bits per heavy atom. The molecule has 1 aliphatic rings. The molecule has 0 radical (unpaired) electrons. The number of alkyl halides is 2. The van der Waals surface area contributed by atoms with Gasteiger partial charge in [0, 0.05) is 61.3 Å². The first kappa shape index (κ1) is 25.5. The van der Waals surface area contributed by atoms with Gasteiger partial charge in [0.25, 0.3) is 5.92 Å². The Balaban J connectivity index is 1.23. The van der Waals surface area contributed by atoms with Gasteiger partial charge in [-0.2, -0.15) is 0 Å². The van der Waals surface area contributed by atoms with Crippen LogP contribution in [0.2, 0.25) is 0 Å². The van der Waals surface area contributed by atoms with Crippen LogP contribution < -0.4 is 4.74 Å². The predicted octanol–water partition coefficient (Wildman–Crippen LogP) is 4.67. The number of carbonyl (C=O) groups excluding carboxylic acids is 1. The summed E-state index contributed by atoms with van der Waals surface area (Å²) in [5.41, 5.74) is 3.13. The van der Waals surface area contributed by atoms with E-state index >= 15 is 0 Å². The van der Waals surface area contributed by atoms with Crippen LogP contribution in [0.3, 0.4) is 0 Å². The first-order valence-corrected chi connectivity index (χ1v) is 12.0. The highest BCUT2D eigenvalue weighted by molar-refractivity contribution is 5.82. The molecule has 1 aromatic carbocycles. The highest BCUT2D eigenvalue weighted by Crippen LogP contribution is 2.26. The second-order valence-electron chi connectivity index (χ2n) is 9.33. The molecule has 6 nitrogen and oxygen atoms in total. The summed E-state index contributed by atoms with van der Waals surface area (Å²) < 4.78 is 37.3. The Morgan fingerprint density at radius 1 is 1.14 bits per heavy atom. The number of ketones is 1. The van der Waals surface area contributed by atoms with Crippen molar-refractivity contribution in [3.63, 3.8) is 0 Å². The molecule has 3 heterocycles. The van der Waals surface area contributed by atoms with E-state index in [0.29, 0.717) is 37.7 Å². The fraction of sp³-hybridized carbons (Fsp3) is 0.393. The summed E-state index contributed by atoms with van der Waals surface area (Å²) in [4.78, 5) is 18.3. The number of benzene rings is 1. The normalized spacial score (nSPS) is 15.0. The van der Waals surface area contributed by atoms with E-state index in [9.17, 15) is 13.6 Å². The maximum absolute atomic E-state index is 13.2. The third-order valence-corrected chi connectivity index (χ3v) is 5.87. The number of ether oxygens (including phenoxy) is 1. The Labute approximate surface area is 209 Å². The number of Topliss-reactive ketones (excluding diaryl/α,β-unsaturated/α-hetero) is 1. The molecular weight excluding hydrogens is 464 g/mol. The van der Waals surface area contributed by atoms with Crippen molar-refractivity contribution >= 4 is 5.78 Å². The molecule has 0 spiro atoms. The highest BCUT2D eigenvalue weighted by atomic mass is 19.3. The fourth-order valence-corrected chi connectivity index (χ4v) is 3.84. The summed E-state index contributed by atoms with van der Waals surface area (Å²) >= 11 is 0. The van der Waals surface area contributed by atoms with E-state index in [-0.39, 0.29) is 31.1 Å². The van der Waals surface area contributed by atoms with Crippen LogP contribution in [0.4, 0.5) is 8.78 Å². The van der Waals surface area contributed by atoms with Gasteiger partial charge in [-0.15, -0.1) is 0 Å². The molecule has 0 bridgehead atoms. The van der Waals surface area contributed by atoms with E-state index in [4.69, 9.17) is 9.26 Å². The zero-order valence-corrected chi connectivity index (χ0v) is 20.5. The lowest BCUT2D eigenvalue weighted by Gasteiger charge is -2.15. The third-order valence-electron chi connectivity index (χ3n) is 5.87. The lowest BCUT2D eigenvalue weighted by molar-refractivity contribution is -0.117. The van der Waals surface area contributed by atoms with Crippen LogP contribution in [0.25, 0.3) is 0 Å². The zero-order chi connectivity index (χ0) is 25.5. The molecule has 4 rings (SSSR count). The van der Waals surface area contributed by atoms with Crippen LogP contribution in [0.5, 0.6) is 5.88 Å². The number of nitrogens with zero attached hydrogens (tertiary/aromatic N) is 3. The Hall–Kier alpha value is -3.57. The van der Waals surface area contributed by atoms with E-state index < -0.39 is 5.92 Å². The van der Waals surface area contributed by atoms with Gasteiger partial charge in [-0.25, -0.2) is 13.8 Å². The number of halogens is 2. The lowest BCUT2D eigenvalue weighted by atomic mass is 10.0. The van der Waals surface area contributed by atoms with Crippen molar-refractivity contribution in [2.45, 2.75) is 45.0 Å². The molecular formula is C28H29F2N3O3. The molecule has 0 N–H and O–H groups in total. The zero-order valence-electron chi connectivity index (χ0n) is 20.5. The number of pyridine rings is 1.